The van der Waals surface area contributed by atoms with Crippen LogP contribution >= 0.6 is 0 Å². The van der Waals surface area contributed by atoms with E-state index in [1.54, 1.807) is 0 Å². The Morgan fingerprint density at radius 1 is 0.727 bits per heavy atom. The monoisotopic (exact) mass is 322 g/mol. The normalized spacial score (nSPS) is 10.6. The summed E-state index contributed by atoms with van der Waals surface area (Å²) in [6.07, 6.45) is 4.56. The molecule has 0 N–H and O–H groups in total. The summed E-state index contributed by atoms with van der Waals surface area (Å²) in [4.78, 5) is 10.8. The average Bonchev–Trinajstić information content (AvgIpc) is 2.50. The number of carbonyl (C=O) groups excluding carboxylic acids is 1. The van der Waals surface area contributed by atoms with Gasteiger partial charge in [-0.3, -0.25) is 0 Å². The molecule has 0 atom stereocenters. The molecule has 0 saturated carbocycles. The molecule has 0 bridgehead atoms. The predicted molar refractivity (Wildman–Crippen MR) is 58.1 cm³/mol. The average molecular weight is 322 g/mol. The van der Waals surface area contributed by atoms with E-state index in [9.17, 15) is 35.5 Å². The van der Waals surface area contributed by atoms with Gasteiger partial charge in [-0.1, -0.05) is 0 Å². The van der Waals surface area contributed by atoms with Gasteiger partial charge in [-0.2, -0.15) is 4.39 Å². The molecule has 2 nitrogen and oxygen atoms in total. The van der Waals surface area contributed by atoms with E-state index >= 15 is 0 Å². The van der Waals surface area contributed by atoms with E-state index in [-0.39, 0.29) is 0 Å². The Hall–Kier alpha value is -2.76. The highest BCUT2D eigenvalue weighted by molar-refractivity contribution is 5.91. The number of ether oxygens (including phenoxy) is 1. The van der Waals surface area contributed by atoms with Crippen LogP contribution in [0, 0.1) is 53.1 Å². The summed E-state index contributed by atoms with van der Waals surface area (Å²) in [7, 11) is 0. The molecule has 0 saturated heterocycles. The third kappa shape index (κ3) is 2.04. The smallest absolute Gasteiger partial charge is 0.389 e. The third-order valence-corrected chi connectivity index (χ3v) is 2.61. The lowest BCUT2D eigenvalue weighted by molar-refractivity contribution is -0.128. The van der Waals surface area contributed by atoms with Gasteiger partial charge in [0.2, 0.25) is 11.6 Å². The van der Waals surface area contributed by atoms with Gasteiger partial charge in [0.15, 0.2) is 34.9 Å². The highest BCUT2D eigenvalue weighted by Crippen LogP contribution is 2.37. The van der Waals surface area contributed by atoms with Crippen LogP contribution in [0.15, 0.2) is 0 Å². The molecule has 0 aliphatic heterocycles. The van der Waals surface area contributed by atoms with Gasteiger partial charge >= 0.3 is 5.97 Å². The molecule has 0 aromatic heterocycles. The predicted octanol–water partition coefficient (Wildman–Crippen LogP) is 3.35. The molecular formula is C13HF7O2. The van der Waals surface area contributed by atoms with Crippen molar-refractivity contribution in [1.82, 2.24) is 0 Å². The second-order valence-corrected chi connectivity index (χ2v) is 3.81. The number of hydrogen-bond acceptors (Lipinski definition) is 2. The van der Waals surface area contributed by atoms with Gasteiger partial charge in [0.05, 0.1) is 10.8 Å². The van der Waals surface area contributed by atoms with E-state index < -0.39 is 63.2 Å². The number of hydrogen-bond donors (Lipinski definition) is 0. The number of benzene rings is 2. The molecule has 0 spiro atoms. The fraction of sp³-hybridized carbons (Fsp3) is 0. The Bertz CT molecular complexity index is 868. The molecule has 0 fully saturated rings. The van der Waals surface area contributed by atoms with E-state index in [0.29, 0.717) is 0 Å². The number of halogens is 7. The molecule has 2 aromatic rings. The molecule has 22 heavy (non-hydrogen) atoms. The van der Waals surface area contributed by atoms with Gasteiger partial charge in [-0.25, -0.2) is 31.1 Å². The third-order valence-electron chi connectivity index (χ3n) is 2.61. The fourth-order valence-corrected chi connectivity index (χ4v) is 1.67. The number of esters is 1. The summed E-state index contributed by atoms with van der Waals surface area (Å²) in [6, 6.07) is 0. The lowest BCUT2D eigenvalue weighted by Crippen LogP contribution is -2.11. The zero-order valence-electron chi connectivity index (χ0n) is 10.0. The number of carbonyl (C=O) groups is 1. The Morgan fingerprint density at radius 2 is 1.14 bits per heavy atom. The van der Waals surface area contributed by atoms with Gasteiger partial charge in [0.1, 0.15) is 0 Å². The van der Waals surface area contributed by atoms with Crippen molar-refractivity contribution >= 4 is 16.7 Å². The maximum Gasteiger partial charge on any atom is 0.389 e. The minimum atomic E-state index is -2.46. The quantitative estimate of drug-likeness (QED) is 0.153. The van der Waals surface area contributed by atoms with Crippen LogP contribution in [-0.2, 0) is 4.79 Å². The van der Waals surface area contributed by atoms with Crippen LogP contribution in [0.4, 0.5) is 30.7 Å². The second kappa shape index (κ2) is 5.22. The van der Waals surface area contributed by atoms with Crippen LogP contribution in [0.2, 0.25) is 0 Å². The maximum absolute atomic E-state index is 13.9. The first kappa shape index (κ1) is 15.6. The Balaban J connectivity index is 3.01. The number of terminal acetylenes is 1. The van der Waals surface area contributed by atoms with Crippen molar-refractivity contribution in [3.8, 4) is 18.1 Å². The minimum absolute atomic E-state index is 1.26. The number of fused-ring (bicyclic) bond motifs is 1. The molecule has 0 aliphatic carbocycles. The molecular weight excluding hydrogens is 321 g/mol. The molecule has 0 unspecified atom stereocenters. The van der Waals surface area contributed by atoms with Gasteiger partial charge in [-0.15, -0.1) is 6.42 Å². The van der Waals surface area contributed by atoms with Gasteiger partial charge in [0, 0.05) is 5.92 Å². The molecule has 114 valence electrons. The first-order chi connectivity index (χ1) is 10.2. The fourth-order valence-electron chi connectivity index (χ4n) is 1.67. The van der Waals surface area contributed by atoms with Crippen molar-refractivity contribution in [3.05, 3.63) is 40.7 Å². The van der Waals surface area contributed by atoms with Crippen molar-refractivity contribution in [2.45, 2.75) is 0 Å². The molecule has 0 heterocycles. The highest BCUT2D eigenvalue weighted by Gasteiger charge is 2.31. The van der Waals surface area contributed by atoms with Crippen LogP contribution < -0.4 is 4.74 Å². The van der Waals surface area contributed by atoms with Crippen LogP contribution in [0.3, 0.4) is 0 Å². The summed E-state index contributed by atoms with van der Waals surface area (Å²) in [6.45, 7) is 0. The van der Waals surface area contributed by atoms with Crippen LogP contribution in [-0.4, -0.2) is 5.97 Å². The van der Waals surface area contributed by atoms with E-state index in [4.69, 9.17) is 0 Å². The first-order valence-corrected chi connectivity index (χ1v) is 5.22. The Kier molecular flexibility index (Phi) is 3.70. The zero-order chi connectivity index (χ0) is 16.8. The molecule has 9 heteroatoms. The van der Waals surface area contributed by atoms with Crippen LogP contribution in [0.25, 0.3) is 10.8 Å². The van der Waals surface area contributed by atoms with Crippen molar-refractivity contribution in [1.29, 1.82) is 0 Å². The van der Waals surface area contributed by atoms with Gasteiger partial charge in [0.25, 0.3) is 0 Å². The largest absolute Gasteiger partial charge is 0.410 e. The summed E-state index contributed by atoms with van der Waals surface area (Å²) in [5.74, 6) is -18.5. The summed E-state index contributed by atoms with van der Waals surface area (Å²) in [5.41, 5.74) is 0. The maximum atomic E-state index is 13.9. The number of rotatable bonds is 1. The molecule has 2 aromatic carbocycles. The summed E-state index contributed by atoms with van der Waals surface area (Å²) >= 11 is 0. The molecule has 2 rings (SSSR count). The van der Waals surface area contributed by atoms with E-state index in [0.717, 1.165) is 0 Å². The molecule has 0 radical (unpaired) electrons. The van der Waals surface area contributed by atoms with E-state index in [1.807, 2.05) is 0 Å². The van der Waals surface area contributed by atoms with Crippen molar-refractivity contribution in [2.75, 3.05) is 0 Å². The van der Waals surface area contributed by atoms with Crippen molar-refractivity contribution < 1.29 is 40.3 Å². The van der Waals surface area contributed by atoms with Crippen molar-refractivity contribution in [3.63, 3.8) is 0 Å². The SMILES string of the molecule is C#CC(=O)Oc1c(F)c(F)c2c(F)c(F)c(F)c(F)c2c1F. The van der Waals surface area contributed by atoms with Crippen LogP contribution in [0.5, 0.6) is 5.75 Å². The summed E-state index contributed by atoms with van der Waals surface area (Å²) in [5, 5.41) is -3.58. The Labute approximate surface area is 117 Å². The molecule has 0 amide bonds. The Morgan fingerprint density at radius 3 is 1.59 bits per heavy atom. The lowest BCUT2D eigenvalue weighted by Gasteiger charge is -2.11. The van der Waals surface area contributed by atoms with Gasteiger partial charge < -0.3 is 4.74 Å². The van der Waals surface area contributed by atoms with E-state index in [1.165, 1.54) is 5.92 Å². The second-order valence-electron chi connectivity index (χ2n) is 3.81. The standard InChI is InChI=1S/C13HF7O2/c1-2-3(21)22-13-9(17)5-4(8(16)12(13)20)6(14)10(18)11(19)7(5)15/h1H. The lowest BCUT2D eigenvalue weighted by atomic mass is 10.1. The van der Waals surface area contributed by atoms with Gasteiger partial charge in [-0.05, 0) is 0 Å². The topological polar surface area (TPSA) is 26.3 Å². The molecule has 0 aliphatic rings. The van der Waals surface area contributed by atoms with E-state index in [2.05, 4.69) is 11.2 Å². The first-order valence-electron chi connectivity index (χ1n) is 5.22. The van der Waals surface area contributed by atoms with Crippen LogP contribution in [0.1, 0.15) is 0 Å². The minimum Gasteiger partial charge on any atom is -0.410 e. The zero-order valence-corrected chi connectivity index (χ0v) is 10.0. The van der Waals surface area contributed by atoms with Crippen molar-refractivity contribution in [2.24, 2.45) is 0 Å². The summed E-state index contributed by atoms with van der Waals surface area (Å²) < 4.78 is 98.1. The highest BCUT2D eigenvalue weighted by atomic mass is 19.2.